The van der Waals surface area contributed by atoms with Gasteiger partial charge in [-0.05, 0) is 32.6 Å². The number of piperidine rings is 1. The number of carbonyl (C=O) groups excluding carboxylic acids is 1. The van der Waals surface area contributed by atoms with E-state index in [-0.39, 0.29) is 12.5 Å². The fourth-order valence-electron chi connectivity index (χ4n) is 2.16. The monoisotopic (exact) mass is 242 g/mol. The van der Waals surface area contributed by atoms with Crippen molar-refractivity contribution in [2.75, 3.05) is 20.1 Å². The maximum absolute atomic E-state index is 12.1. The second-order valence-corrected chi connectivity index (χ2v) is 4.74. The summed E-state index contributed by atoms with van der Waals surface area (Å²) in [7, 11) is 1.74. The number of carboxylic acids is 1. The summed E-state index contributed by atoms with van der Waals surface area (Å²) >= 11 is 0. The van der Waals surface area contributed by atoms with E-state index in [1.54, 1.807) is 11.9 Å². The third-order valence-electron chi connectivity index (χ3n) is 3.26. The summed E-state index contributed by atoms with van der Waals surface area (Å²) in [6.07, 6.45) is 3.95. The van der Waals surface area contributed by atoms with Gasteiger partial charge in [0.15, 0.2) is 0 Å². The first-order chi connectivity index (χ1) is 8.02. The third-order valence-corrected chi connectivity index (χ3v) is 3.26. The molecule has 1 aliphatic rings. The topological polar surface area (TPSA) is 60.9 Å². The molecule has 1 rings (SSSR count). The first-order valence-corrected chi connectivity index (χ1v) is 6.26. The largest absolute Gasteiger partial charge is 0.481 e. The molecule has 1 fully saturated rings. The van der Waals surface area contributed by atoms with Gasteiger partial charge in [0.2, 0.25) is 0 Å². The second kappa shape index (κ2) is 6.47. The van der Waals surface area contributed by atoms with Crippen LogP contribution in [0.15, 0.2) is 0 Å². The van der Waals surface area contributed by atoms with Gasteiger partial charge in [-0.15, -0.1) is 0 Å². The fourth-order valence-corrected chi connectivity index (χ4v) is 2.16. The minimum absolute atomic E-state index is 0.0302. The highest BCUT2D eigenvalue weighted by atomic mass is 16.4. The zero-order valence-corrected chi connectivity index (χ0v) is 10.7. The molecule has 1 saturated heterocycles. The van der Waals surface area contributed by atoms with Gasteiger partial charge in [0.25, 0.3) is 0 Å². The molecule has 5 heteroatoms. The van der Waals surface area contributed by atoms with E-state index in [0.717, 1.165) is 19.4 Å². The molecular weight excluding hydrogens is 220 g/mol. The molecule has 0 aliphatic carbocycles. The molecule has 17 heavy (non-hydrogen) atoms. The minimum atomic E-state index is -0.808. The molecule has 0 spiro atoms. The number of amides is 2. The van der Waals surface area contributed by atoms with Crippen LogP contribution in [0.25, 0.3) is 0 Å². The number of likely N-dealkylation sites (tertiary alicyclic amines) is 1. The Bertz CT molecular complexity index is 281. The van der Waals surface area contributed by atoms with Crippen LogP contribution >= 0.6 is 0 Å². The Morgan fingerprint density at radius 2 is 2.12 bits per heavy atom. The molecule has 98 valence electrons. The number of nitrogens with zero attached hydrogens (tertiary/aromatic N) is 2. The molecule has 1 unspecified atom stereocenters. The lowest BCUT2D eigenvalue weighted by Gasteiger charge is -2.36. The molecule has 0 saturated carbocycles. The van der Waals surface area contributed by atoms with Crippen molar-refractivity contribution in [2.24, 2.45) is 0 Å². The van der Waals surface area contributed by atoms with E-state index in [2.05, 4.69) is 6.92 Å². The van der Waals surface area contributed by atoms with Crippen LogP contribution in [0, 0.1) is 0 Å². The zero-order chi connectivity index (χ0) is 12.8. The number of hydrogen-bond acceptors (Lipinski definition) is 2. The summed E-state index contributed by atoms with van der Waals surface area (Å²) in [6.45, 7) is 3.40. The van der Waals surface area contributed by atoms with Gasteiger partial charge in [0, 0.05) is 32.6 Å². The molecule has 2 amide bonds. The van der Waals surface area contributed by atoms with Crippen molar-refractivity contribution in [3.05, 3.63) is 0 Å². The Labute approximate surface area is 102 Å². The quantitative estimate of drug-likeness (QED) is 0.817. The normalized spacial score (nSPS) is 20.1. The summed E-state index contributed by atoms with van der Waals surface area (Å²) < 4.78 is 0. The molecule has 1 aliphatic heterocycles. The van der Waals surface area contributed by atoms with Crippen molar-refractivity contribution in [2.45, 2.75) is 45.1 Å². The van der Waals surface area contributed by atoms with Crippen LogP contribution in [0.2, 0.25) is 0 Å². The van der Waals surface area contributed by atoms with Gasteiger partial charge in [0.1, 0.15) is 0 Å². The van der Waals surface area contributed by atoms with E-state index in [1.807, 2.05) is 4.90 Å². The molecule has 0 aromatic rings. The molecule has 0 aromatic carbocycles. The SMILES string of the molecule is CC1CCCCN1C(=O)N(C)CCCC(=O)O. The van der Waals surface area contributed by atoms with E-state index in [1.165, 1.54) is 6.42 Å². The first kappa shape index (κ1) is 13.8. The molecule has 0 bridgehead atoms. The number of carboxylic acid groups (broad SMARTS) is 1. The Morgan fingerprint density at radius 3 is 2.71 bits per heavy atom. The number of carbonyl (C=O) groups is 2. The summed E-state index contributed by atoms with van der Waals surface area (Å²) in [5, 5.41) is 8.54. The second-order valence-electron chi connectivity index (χ2n) is 4.74. The van der Waals surface area contributed by atoms with Crippen LogP contribution in [-0.2, 0) is 4.79 Å². The van der Waals surface area contributed by atoms with Gasteiger partial charge in [-0.25, -0.2) is 4.79 Å². The lowest BCUT2D eigenvalue weighted by molar-refractivity contribution is -0.137. The van der Waals surface area contributed by atoms with E-state index >= 15 is 0 Å². The predicted octanol–water partition coefficient (Wildman–Crippen LogP) is 1.78. The molecule has 5 nitrogen and oxygen atoms in total. The van der Waals surface area contributed by atoms with Gasteiger partial charge in [-0.1, -0.05) is 0 Å². The van der Waals surface area contributed by atoms with Gasteiger partial charge >= 0.3 is 12.0 Å². The lowest BCUT2D eigenvalue weighted by atomic mass is 10.0. The lowest BCUT2D eigenvalue weighted by Crippen LogP contribution is -2.48. The maximum Gasteiger partial charge on any atom is 0.319 e. The van der Waals surface area contributed by atoms with Crippen molar-refractivity contribution in [3.63, 3.8) is 0 Å². The molecule has 1 N–H and O–H groups in total. The molecule has 0 aromatic heterocycles. The zero-order valence-electron chi connectivity index (χ0n) is 10.7. The van der Waals surface area contributed by atoms with Crippen LogP contribution in [0.5, 0.6) is 0 Å². The van der Waals surface area contributed by atoms with E-state index in [9.17, 15) is 9.59 Å². The summed E-state index contributed by atoms with van der Waals surface area (Å²) in [5.74, 6) is -0.808. The Kier molecular flexibility index (Phi) is 5.25. The number of aliphatic carboxylic acids is 1. The number of urea groups is 1. The van der Waals surface area contributed by atoms with Crippen LogP contribution < -0.4 is 0 Å². The van der Waals surface area contributed by atoms with E-state index < -0.39 is 5.97 Å². The molecular formula is C12H22N2O3. The highest BCUT2D eigenvalue weighted by molar-refractivity contribution is 5.74. The van der Waals surface area contributed by atoms with Crippen LogP contribution in [0.3, 0.4) is 0 Å². The van der Waals surface area contributed by atoms with Crippen molar-refractivity contribution < 1.29 is 14.7 Å². The predicted molar refractivity (Wildman–Crippen MR) is 64.9 cm³/mol. The Hall–Kier alpha value is -1.26. The first-order valence-electron chi connectivity index (χ1n) is 6.26. The molecule has 1 heterocycles. The van der Waals surface area contributed by atoms with Gasteiger partial charge in [-0.2, -0.15) is 0 Å². The van der Waals surface area contributed by atoms with Crippen molar-refractivity contribution >= 4 is 12.0 Å². The minimum Gasteiger partial charge on any atom is -0.481 e. The highest BCUT2D eigenvalue weighted by Gasteiger charge is 2.25. The standard InChI is InChI=1S/C12H22N2O3/c1-10-6-3-4-9-14(10)12(17)13(2)8-5-7-11(15)16/h10H,3-9H2,1-2H3,(H,15,16). The van der Waals surface area contributed by atoms with E-state index in [0.29, 0.717) is 19.0 Å². The maximum atomic E-state index is 12.1. The Balaban J connectivity index is 2.37. The average molecular weight is 242 g/mol. The van der Waals surface area contributed by atoms with Gasteiger partial charge in [0.05, 0.1) is 0 Å². The summed E-state index contributed by atoms with van der Waals surface area (Å²) in [6, 6.07) is 0.334. The summed E-state index contributed by atoms with van der Waals surface area (Å²) in [5.41, 5.74) is 0. The highest BCUT2D eigenvalue weighted by Crippen LogP contribution is 2.17. The van der Waals surface area contributed by atoms with Crippen molar-refractivity contribution in [3.8, 4) is 0 Å². The van der Waals surface area contributed by atoms with Crippen LogP contribution in [0.1, 0.15) is 39.0 Å². The fraction of sp³-hybridized carbons (Fsp3) is 0.833. The Morgan fingerprint density at radius 1 is 1.41 bits per heavy atom. The molecule has 1 atom stereocenters. The van der Waals surface area contributed by atoms with Crippen LogP contribution in [-0.4, -0.2) is 53.1 Å². The third kappa shape index (κ3) is 4.24. The number of rotatable bonds is 4. The summed E-state index contributed by atoms with van der Waals surface area (Å²) in [4.78, 5) is 26.0. The van der Waals surface area contributed by atoms with E-state index in [4.69, 9.17) is 5.11 Å². The average Bonchev–Trinajstić information content (AvgIpc) is 2.28. The van der Waals surface area contributed by atoms with Crippen molar-refractivity contribution in [1.82, 2.24) is 9.80 Å². The van der Waals surface area contributed by atoms with Crippen molar-refractivity contribution in [1.29, 1.82) is 0 Å². The number of hydrogen-bond donors (Lipinski definition) is 1. The van der Waals surface area contributed by atoms with Crippen LogP contribution in [0.4, 0.5) is 4.79 Å². The van der Waals surface area contributed by atoms with Gasteiger partial charge < -0.3 is 14.9 Å². The smallest absolute Gasteiger partial charge is 0.319 e. The van der Waals surface area contributed by atoms with Gasteiger partial charge in [-0.3, -0.25) is 4.79 Å². The molecule has 0 radical (unpaired) electrons.